The van der Waals surface area contributed by atoms with Crippen molar-refractivity contribution in [2.45, 2.75) is 26.3 Å². The smallest absolute Gasteiger partial charge is 0.224 e. The SMILES string of the molecule is COc1cc(C)ccc1CNC(=O)C1CCCNC1.Cl. The van der Waals surface area contributed by atoms with Crippen molar-refractivity contribution in [2.24, 2.45) is 5.92 Å². The second-order valence-corrected chi connectivity index (χ2v) is 5.08. The number of halogens is 1. The van der Waals surface area contributed by atoms with Gasteiger partial charge in [-0.1, -0.05) is 12.1 Å². The fourth-order valence-corrected chi connectivity index (χ4v) is 2.40. The van der Waals surface area contributed by atoms with Crippen molar-refractivity contribution in [2.75, 3.05) is 20.2 Å². The van der Waals surface area contributed by atoms with E-state index in [2.05, 4.69) is 10.6 Å². The lowest BCUT2D eigenvalue weighted by molar-refractivity contribution is -0.125. The van der Waals surface area contributed by atoms with Crippen LogP contribution in [0.3, 0.4) is 0 Å². The lowest BCUT2D eigenvalue weighted by atomic mass is 9.99. The first-order chi connectivity index (χ1) is 9.20. The average molecular weight is 299 g/mol. The number of carbonyl (C=O) groups is 1. The van der Waals surface area contributed by atoms with Gasteiger partial charge in [0.2, 0.25) is 5.91 Å². The van der Waals surface area contributed by atoms with Crippen LogP contribution in [0.1, 0.15) is 24.0 Å². The molecule has 20 heavy (non-hydrogen) atoms. The van der Waals surface area contributed by atoms with Crippen molar-refractivity contribution in [1.82, 2.24) is 10.6 Å². The van der Waals surface area contributed by atoms with Crippen molar-refractivity contribution >= 4 is 18.3 Å². The molecule has 1 fully saturated rings. The van der Waals surface area contributed by atoms with Gasteiger partial charge in [-0.2, -0.15) is 0 Å². The zero-order valence-electron chi connectivity index (χ0n) is 12.1. The summed E-state index contributed by atoms with van der Waals surface area (Å²) in [5, 5.41) is 6.26. The van der Waals surface area contributed by atoms with Gasteiger partial charge in [0.15, 0.2) is 0 Å². The van der Waals surface area contributed by atoms with E-state index in [4.69, 9.17) is 4.74 Å². The molecule has 4 nitrogen and oxygen atoms in total. The van der Waals surface area contributed by atoms with Gasteiger partial charge in [0.25, 0.3) is 0 Å². The van der Waals surface area contributed by atoms with Crippen LogP contribution in [0.15, 0.2) is 18.2 Å². The lowest BCUT2D eigenvalue weighted by Gasteiger charge is -2.22. The van der Waals surface area contributed by atoms with Crippen molar-refractivity contribution in [1.29, 1.82) is 0 Å². The highest BCUT2D eigenvalue weighted by atomic mass is 35.5. The summed E-state index contributed by atoms with van der Waals surface area (Å²) in [6.07, 6.45) is 2.05. The van der Waals surface area contributed by atoms with Gasteiger partial charge in [-0.25, -0.2) is 0 Å². The Morgan fingerprint density at radius 2 is 2.30 bits per heavy atom. The summed E-state index contributed by atoms with van der Waals surface area (Å²) in [6.45, 7) is 4.36. The molecule has 1 unspecified atom stereocenters. The molecule has 2 rings (SSSR count). The topological polar surface area (TPSA) is 50.4 Å². The summed E-state index contributed by atoms with van der Waals surface area (Å²) >= 11 is 0. The number of hydrogen-bond acceptors (Lipinski definition) is 3. The van der Waals surface area contributed by atoms with Gasteiger partial charge in [0, 0.05) is 18.7 Å². The van der Waals surface area contributed by atoms with Gasteiger partial charge in [0.05, 0.1) is 13.0 Å². The Labute approximate surface area is 126 Å². The first-order valence-corrected chi connectivity index (χ1v) is 6.82. The van der Waals surface area contributed by atoms with Crippen molar-refractivity contribution < 1.29 is 9.53 Å². The van der Waals surface area contributed by atoms with E-state index in [0.717, 1.165) is 42.8 Å². The Morgan fingerprint density at radius 3 is 2.95 bits per heavy atom. The maximum Gasteiger partial charge on any atom is 0.224 e. The van der Waals surface area contributed by atoms with E-state index in [1.54, 1.807) is 7.11 Å². The molecular formula is C15H23ClN2O2. The quantitative estimate of drug-likeness (QED) is 0.894. The highest BCUT2D eigenvalue weighted by Gasteiger charge is 2.20. The minimum Gasteiger partial charge on any atom is -0.496 e. The average Bonchev–Trinajstić information content (AvgIpc) is 2.46. The predicted molar refractivity (Wildman–Crippen MR) is 82.4 cm³/mol. The van der Waals surface area contributed by atoms with Gasteiger partial charge < -0.3 is 15.4 Å². The van der Waals surface area contributed by atoms with Crippen LogP contribution in [0.4, 0.5) is 0 Å². The highest BCUT2D eigenvalue weighted by molar-refractivity contribution is 5.85. The number of benzene rings is 1. The van der Waals surface area contributed by atoms with Crippen LogP contribution in [0, 0.1) is 12.8 Å². The molecule has 0 spiro atoms. The monoisotopic (exact) mass is 298 g/mol. The number of amides is 1. The minimum atomic E-state index is 0. The third kappa shape index (κ3) is 4.39. The maximum atomic E-state index is 12.0. The summed E-state index contributed by atoms with van der Waals surface area (Å²) in [6, 6.07) is 6.03. The van der Waals surface area contributed by atoms with E-state index in [1.807, 2.05) is 25.1 Å². The fourth-order valence-electron chi connectivity index (χ4n) is 2.40. The molecule has 1 aromatic carbocycles. The molecule has 5 heteroatoms. The van der Waals surface area contributed by atoms with Crippen LogP contribution in [-0.4, -0.2) is 26.1 Å². The van der Waals surface area contributed by atoms with Crippen molar-refractivity contribution in [3.05, 3.63) is 29.3 Å². The number of carbonyl (C=O) groups excluding carboxylic acids is 1. The van der Waals surface area contributed by atoms with Crippen LogP contribution >= 0.6 is 12.4 Å². The summed E-state index contributed by atoms with van der Waals surface area (Å²) in [4.78, 5) is 12.0. The Bertz CT molecular complexity index is 445. The number of methoxy groups -OCH3 is 1. The van der Waals surface area contributed by atoms with Crippen LogP contribution in [0.5, 0.6) is 5.75 Å². The molecule has 0 saturated carbocycles. The van der Waals surface area contributed by atoms with Gasteiger partial charge in [-0.15, -0.1) is 12.4 Å². The first-order valence-electron chi connectivity index (χ1n) is 6.82. The number of nitrogens with one attached hydrogen (secondary N) is 2. The van der Waals surface area contributed by atoms with Crippen LogP contribution < -0.4 is 15.4 Å². The molecule has 1 amide bonds. The molecule has 2 N–H and O–H groups in total. The molecule has 0 aliphatic carbocycles. The molecule has 1 aliphatic heterocycles. The number of piperidine rings is 1. The van der Waals surface area contributed by atoms with Crippen molar-refractivity contribution in [3.63, 3.8) is 0 Å². The molecule has 112 valence electrons. The van der Waals surface area contributed by atoms with Crippen LogP contribution in [0.25, 0.3) is 0 Å². The Hall–Kier alpha value is -1.26. The normalized spacial score (nSPS) is 18.0. The van der Waals surface area contributed by atoms with Crippen LogP contribution in [-0.2, 0) is 11.3 Å². The molecule has 0 radical (unpaired) electrons. The molecule has 1 aromatic rings. The number of rotatable bonds is 4. The lowest BCUT2D eigenvalue weighted by Crippen LogP contribution is -2.40. The van der Waals surface area contributed by atoms with Gasteiger partial charge in [-0.3, -0.25) is 4.79 Å². The molecule has 0 bridgehead atoms. The summed E-state index contributed by atoms with van der Waals surface area (Å²) in [7, 11) is 1.66. The standard InChI is InChI=1S/C15H22N2O2.ClH/c1-11-5-6-12(14(8-11)19-2)10-17-15(18)13-4-3-7-16-9-13;/h5-6,8,13,16H,3-4,7,9-10H2,1-2H3,(H,17,18);1H. The van der Waals surface area contributed by atoms with E-state index in [-0.39, 0.29) is 24.2 Å². The predicted octanol–water partition coefficient (Wildman–Crippen LogP) is 2.04. The van der Waals surface area contributed by atoms with Gasteiger partial charge in [-0.05, 0) is 37.9 Å². The number of hydrogen-bond donors (Lipinski definition) is 2. The summed E-state index contributed by atoms with van der Waals surface area (Å²) < 4.78 is 5.34. The Morgan fingerprint density at radius 1 is 1.50 bits per heavy atom. The van der Waals surface area contributed by atoms with E-state index in [1.165, 1.54) is 0 Å². The van der Waals surface area contributed by atoms with Crippen molar-refractivity contribution in [3.8, 4) is 5.75 Å². The van der Waals surface area contributed by atoms with Gasteiger partial charge in [0.1, 0.15) is 5.75 Å². The van der Waals surface area contributed by atoms with Gasteiger partial charge >= 0.3 is 0 Å². The maximum absolute atomic E-state index is 12.0. The fraction of sp³-hybridized carbons (Fsp3) is 0.533. The number of ether oxygens (including phenoxy) is 1. The van der Waals surface area contributed by atoms with Crippen LogP contribution in [0.2, 0.25) is 0 Å². The second kappa shape index (κ2) is 8.12. The Kier molecular flexibility index (Phi) is 6.82. The van der Waals surface area contributed by atoms with E-state index in [9.17, 15) is 4.79 Å². The summed E-state index contributed by atoms with van der Waals surface area (Å²) in [5.41, 5.74) is 2.17. The number of aryl methyl sites for hydroxylation is 1. The molecule has 1 saturated heterocycles. The third-order valence-corrected chi connectivity index (χ3v) is 3.56. The largest absolute Gasteiger partial charge is 0.496 e. The van der Waals surface area contributed by atoms with E-state index < -0.39 is 0 Å². The summed E-state index contributed by atoms with van der Waals surface area (Å²) in [5.74, 6) is 1.07. The minimum absolute atomic E-state index is 0. The Balaban J connectivity index is 0.00000200. The second-order valence-electron chi connectivity index (χ2n) is 5.08. The molecule has 1 atom stereocenters. The van der Waals surface area contributed by atoms with E-state index >= 15 is 0 Å². The van der Waals surface area contributed by atoms with E-state index in [0.29, 0.717) is 6.54 Å². The first kappa shape index (κ1) is 16.8. The third-order valence-electron chi connectivity index (χ3n) is 3.56. The zero-order chi connectivity index (χ0) is 13.7. The molecule has 1 heterocycles. The highest BCUT2D eigenvalue weighted by Crippen LogP contribution is 2.20. The molecule has 1 aliphatic rings. The zero-order valence-corrected chi connectivity index (χ0v) is 12.9. The molecule has 0 aromatic heterocycles. The molecular weight excluding hydrogens is 276 g/mol.